The Morgan fingerprint density at radius 2 is 0.731 bits per heavy atom. The van der Waals surface area contributed by atoms with E-state index in [0.717, 1.165) is 23.2 Å². The van der Waals surface area contributed by atoms with Crippen molar-refractivity contribution in [2.75, 3.05) is 0 Å². The molecular weight excluding hydrogens is 677 g/mol. The summed E-state index contributed by atoms with van der Waals surface area (Å²) in [5.41, 5.74) is 1.31. The Morgan fingerprint density at radius 1 is 0.346 bits per heavy atom. The molecule has 0 atom stereocenters. The highest BCUT2D eigenvalue weighted by Gasteiger charge is 2.26. The van der Waals surface area contributed by atoms with Crippen LogP contribution in [0.2, 0.25) is 0 Å². The molecule has 0 saturated carbocycles. The van der Waals surface area contributed by atoms with Gasteiger partial charge < -0.3 is 8.83 Å². The lowest BCUT2D eigenvalue weighted by atomic mass is 9.93. The third-order valence-electron chi connectivity index (χ3n) is 7.94. The smallest absolute Gasteiger partial charge is 0.199 e. The molecule has 0 saturated heterocycles. The molecule has 0 bridgehead atoms. The minimum Gasteiger partial charge on any atom is -0.465 e. The Hall–Kier alpha value is -2.18. The molecule has 4 heterocycles. The van der Waals surface area contributed by atoms with Crippen molar-refractivity contribution in [1.29, 1.82) is 0 Å². The van der Waals surface area contributed by atoms with Crippen molar-refractivity contribution in [2.45, 2.75) is 209 Å². The van der Waals surface area contributed by atoms with Gasteiger partial charge in [-0.2, -0.15) is 0 Å². The van der Waals surface area contributed by atoms with Crippen LogP contribution in [0.1, 0.15) is 209 Å². The fraction of sp³-hybridized carbons (Fsp3) is 0.696. The van der Waals surface area contributed by atoms with Crippen molar-refractivity contribution in [3.05, 3.63) is 79.5 Å². The van der Waals surface area contributed by atoms with Crippen LogP contribution < -0.4 is 0 Å². The van der Waals surface area contributed by atoms with Gasteiger partial charge in [-0.25, -0.2) is 9.97 Å². The first-order valence-corrected chi connectivity index (χ1v) is 20.6. The Balaban J connectivity index is 0.000000347. The third kappa shape index (κ3) is 15.7. The highest BCUT2D eigenvalue weighted by atomic mass is 32.1. The van der Waals surface area contributed by atoms with E-state index >= 15 is 0 Å². The molecule has 296 valence electrons. The van der Waals surface area contributed by atoms with Crippen LogP contribution >= 0.6 is 22.7 Å². The van der Waals surface area contributed by atoms with E-state index in [9.17, 15) is 0 Å². The molecule has 4 rings (SSSR count). The van der Waals surface area contributed by atoms with E-state index in [0.29, 0.717) is 10.8 Å². The minimum absolute atomic E-state index is 0.00347. The summed E-state index contributed by atoms with van der Waals surface area (Å²) in [6.07, 6.45) is 3.85. The molecule has 0 amide bonds. The molecule has 0 fully saturated rings. The van der Waals surface area contributed by atoms with Gasteiger partial charge in [-0.05, 0) is 40.5 Å². The Morgan fingerprint density at radius 3 is 0.923 bits per heavy atom. The van der Waals surface area contributed by atoms with Crippen LogP contribution in [-0.4, -0.2) is 9.97 Å². The Bertz CT molecular complexity index is 1270. The molecule has 0 unspecified atom stereocenters. The monoisotopic (exact) mass is 755 g/mol. The van der Waals surface area contributed by atoms with Gasteiger partial charge in [0.25, 0.3) is 0 Å². The van der Waals surface area contributed by atoms with E-state index in [1.807, 2.05) is 35.1 Å². The van der Waals surface area contributed by atoms with E-state index in [1.54, 1.807) is 0 Å². The number of aromatic nitrogens is 2. The quantitative estimate of drug-likeness (QED) is 0.179. The molecule has 52 heavy (non-hydrogen) atoms. The number of nitrogens with zero attached hydrogens (tertiary/aromatic N) is 2. The van der Waals surface area contributed by atoms with Gasteiger partial charge in [-0.15, -0.1) is 22.7 Å². The van der Waals surface area contributed by atoms with Crippen LogP contribution in [0.25, 0.3) is 0 Å². The Kier molecular flexibility index (Phi) is 15.3. The van der Waals surface area contributed by atoms with Gasteiger partial charge in [0.2, 0.25) is 0 Å². The molecule has 0 aromatic carbocycles. The lowest BCUT2D eigenvalue weighted by Crippen LogP contribution is -2.12. The molecule has 0 radical (unpaired) electrons. The van der Waals surface area contributed by atoms with Crippen LogP contribution in [0, 0.1) is 0 Å². The second-order valence-corrected chi connectivity index (χ2v) is 24.5. The zero-order valence-electron chi connectivity index (χ0n) is 38.0. The molecule has 4 aromatic heterocycles. The number of rotatable bonds is 0. The first kappa shape index (κ1) is 47.8. The summed E-state index contributed by atoms with van der Waals surface area (Å²) in [6, 6.07) is 8.71. The zero-order chi connectivity index (χ0) is 41.1. The average molecular weight is 755 g/mol. The SMILES string of the molecule is CC(C)(C)c1ccc(C(C)(C)C)o1.CC(C)(C)c1ccc(C(C)(C)C)s1.CC(C)(C)c1cnc(C(C)(C)C)o1.CC(C)(C)c1cnc(C(C)(C)C)s1. The second-order valence-electron chi connectivity index (χ2n) is 22.4. The molecule has 0 N–H and O–H groups in total. The van der Waals surface area contributed by atoms with Crippen LogP contribution in [0.3, 0.4) is 0 Å². The largest absolute Gasteiger partial charge is 0.465 e. The number of furan rings is 1. The van der Waals surface area contributed by atoms with E-state index in [-0.39, 0.29) is 32.5 Å². The summed E-state index contributed by atoms with van der Waals surface area (Å²) in [6.45, 7) is 52.6. The summed E-state index contributed by atoms with van der Waals surface area (Å²) in [5.74, 6) is 3.91. The average Bonchev–Trinajstić information content (AvgIpc) is 3.72. The predicted octanol–water partition coefficient (Wildman–Crippen LogP) is 15.2. The van der Waals surface area contributed by atoms with E-state index in [2.05, 4.69) is 200 Å². The lowest BCUT2D eigenvalue weighted by Gasteiger charge is -2.18. The van der Waals surface area contributed by atoms with Gasteiger partial charge in [0, 0.05) is 47.9 Å². The molecule has 0 spiro atoms. The number of hydrogen-bond acceptors (Lipinski definition) is 6. The maximum absolute atomic E-state index is 5.81. The predicted molar refractivity (Wildman–Crippen MR) is 231 cm³/mol. The summed E-state index contributed by atoms with van der Waals surface area (Å²) < 4.78 is 11.5. The fourth-order valence-corrected chi connectivity index (χ4v) is 6.38. The van der Waals surface area contributed by atoms with Crippen LogP contribution in [0.15, 0.2) is 45.5 Å². The van der Waals surface area contributed by atoms with E-state index in [4.69, 9.17) is 8.83 Å². The van der Waals surface area contributed by atoms with Gasteiger partial charge >= 0.3 is 0 Å². The molecular formula is C46H78N2O2S2. The summed E-state index contributed by atoms with van der Waals surface area (Å²) in [5, 5.41) is 1.23. The van der Waals surface area contributed by atoms with E-state index in [1.165, 1.54) is 19.6 Å². The van der Waals surface area contributed by atoms with Crippen molar-refractivity contribution in [3.8, 4) is 0 Å². The Labute approximate surface area is 329 Å². The summed E-state index contributed by atoms with van der Waals surface area (Å²) >= 11 is 3.78. The van der Waals surface area contributed by atoms with Gasteiger partial charge in [-0.1, -0.05) is 166 Å². The lowest BCUT2D eigenvalue weighted by molar-refractivity contribution is 0.335. The number of oxazole rings is 1. The summed E-state index contributed by atoms with van der Waals surface area (Å²) in [4.78, 5) is 13.1. The van der Waals surface area contributed by atoms with Gasteiger partial charge in [-0.3, -0.25) is 0 Å². The maximum Gasteiger partial charge on any atom is 0.199 e. The number of hydrogen-bond donors (Lipinski definition) is 0. The third-order valence-corrected chi connectivity index (χ3v) is 11.7. The number of thiazole rings is 1. The van der Waals surface area contributed by atoms with Gasteiger partial charge in [0.05, 0.1) is 11.2 Å². The van der Waals surface area contributed by atoms with Crippen molar-refractivity contribution >= 4 is 22.7 Å². The van der Waals surface area contributed by atoms with Crippen molar-refractivity contribution in [2.24, 2.45) is 0 Å². The molecule has 6 heteroatoms. The van der Waals surface area contributed by atoms with Crippen molar-refractivity contribution in [3.63, 3.8) is 0 Å². The zero-order valence-corrected chi connectivity index (χ0v) is 39.6. The van der Waals surface area contributed by atoms with E-state index < -0.39 is 0 Å². The molecule has 0 aliphatic carbocycles. The minimum atomic E-state index is 0.00347. The second kappa shape index (κ2) is 16.7. The van der Waals surface area contributed by atoms with Crippen LogP contribution in [0.4, 0.5) is 0 Å². The molecule has 0 aliphatic rings. The maximum atomic E-state index is 5.81. The number of thiophene rings is 1. The molecule has 4 nitrogen and oxygen atoms in total. The van der Waals surface area contributed by atoms with Crippen molar-refractivity contribution < 1.29 is 8.83 Å². The molecule has 4 aromatic rings. The topological polar surface area (TPSA) is 52.1 Å². The van der Waals surface area contributed by atoms with Crippen molar-refractivity contribution in [1.82, 2.24) is 9.97 Å². The first-order chi connectivity index (χ1) is 22.8. The highest BCUT2D eigenvalue weighted by molar-refractivity contribution is 7.12. The van der Waals surface area contributed by atoms with Gasteiger partial charge in [0.1, 0.15) is 17.3 Å². The highest BCUT2D eigenvalue weighted by Crippen LogP contribution is 2.36. The summed E-state index contributed by atoms with van der Waals surface area (Å²) in [7, 11) is 0. The normalized spacial score (nSPS) is 13.4. The molecule has 0 aliphatic heterocycles. The standard InChI is InChI=1S/C12H20O.C12H20S.C11H19NO.C11H19NS/c2*1-11(2,3)9-7-8-10(13-9)12(4,5)6;2*1-10(2,3)8-7-12-9(13-8)11(4,5)6/h2*7-8H,1-6H3;2*7H,1-6H3. The fourth-order valence-electron chi connectivity index (χ4n) is 4.22. The first-order valence-electron chi connectivity index (χ1n) is 19.0. The van der Waals surface area contributed by atoms with Crippen LogP contribution in [0.5, 0.6) is 0 Å². The van der Waals surface area contributed by atoms with Gasteiger partial charge in [0.15, 0.2) is 5.89 Å². The van der Waals surface area contributed by atoms with Crippen LogP contribution in [-0.2, 0) is 43.3 Å².